The van der Waals surface area contributed by atoms with Gasteiger partial charge in [-0.25, -0.2) is 15.0 Å². The first-order valence-corrected chi connectivity index (χ1v) is 19.1. The summed E-state index contributed by atoms with van der Waals surface area (Å²) in [6.07, 6.45) is 0. The molecular formula is C52H35N3O. The van der Waals surface area contributed by atoms with E-state index >= 15 is 0 Å². The average molecular weight is 718 g/mol. The molecule has 0 spiro atoms. The van der Waals surface area contributed by atoms with Gasteiger partial charge in [-0.3, -0.25) is 0 Å². The lowest BCUT2D eigenvalue weighted by atomic mass is 9.82. The fraction of sp³-hybridized carbons (Fsp3) is 0.0577. The summed E-state index contributed by atoms with van der Waals surface area (Å²) in [4.78, 5) is 15.7. The number of nitrogens with zero attached hydrogens (tertiary/aromatic N) is 3. The summed E-state index contributed by atoms with van der Waals surface area (Å²) in [5.74, 6) is 1.92. The molecule has 0 bridgehead atoms. The van der Waals surface area contributed by atoms with Crippen LogP contribution in [0.25, 0.3) is 100 Å². The number of hydrogen-bond acceptors (Lipinski definition) is 4. The molecule has 0 fully saturated rings. The number of hydrogen-bond donors (Lipinski definition) is 0. The third-order valence-corrected chi connectivity index (χ3v) is 11.5. The normalized spacial score (nSPS) is 13.0. The predicted octanol–water partition coefficient (Wildman–Crippen LogP) is 13.6. The van der Waals surface area contributed by atoms with Crippen molar-refractivity contribution in [2.75, 3.05) is 0 Å². The van der Waals surface area contributed by atoms with E-state index in [1.165, 1.54) is 27.8 Å². The Morgan fingerprint density at radius 3 is 1.88 bits per heavy atom. The molecule has 1 aliphatic carbocycles. The van der Waals surface area contributed by atoms with E-state index in [0.717, 1.165) is 66.1 Å². The summed E-state index contributed by atoms with van der Waals surface area (Å²) in [6, 6.07) is 61.8. The number of benzene rings is 8. The highest BCUT2D eigenvalue weighted by molar-refractivity contribution is 6.13. The Hall–Kier alpha value is -7.17. The van der Waals surface area contributed by atoms with Crippen molar-refractivity contribution in [1.29, 1.82) is 0 Å². The van der Waals surface area contributed by atoms with Crippen LogP contribution in [0.15, 0.2) is 180 Å². The van der Waals surface area contributed by atoms with Gasteiger partial charge in [0.2, 0.25) is 0 Å². The second kappa shape index (κ2) is 12.4. The molecule has 1 aliphatic rings. The fourth-order valence-corrected chi connectivity index (χ4v) is 8.81. The van der Waals surface area contributed by atoms with Crippen molar-refractivity contribution in [3.63, 3.8) is 0 Å². The van der Waals surface area contributed by atoms with E-state index in [9.17, 15) is 0 Å². The number of furan rings is 1. The van der Waals surface area contributed by atoms with Crippen molar-refractivity contribution in [3.8, 4) is 67.5 Å². The molecule has 0 aliphatic heterocycles. The van der Waals surface area contributed by atoms with Gasteiger partial charge in [0.1, 0.15) is 11.2 Å². The summed E-state index contributed by atoms with van der Waals surface area (Å²) >= 11 is 0. The van der Waals surface area contributed by atoms with Crippen LogP contribution in [0, 0.1) is 0 Å². The van der Waals surface area contributed by atoms with E-state index in [0.29, 0.717) is 17.5 Å². The zero-order chi connectivity index (χ0) is 37.4. The van der Waals surface area contributed by atoms with E-state index in [-0.39, 0.29) is 5.41 Å². The fourth-order valence-electron chi connectivity index (χ4n) is 8.81. The van der Waals surface area contributed by atoms with Gasteiger partial charge < -0.3 is 4.42 Å². The maximum Gasteiger partial charge on any atom is 0.164 e. The number of rotatable bonds is 5. The molecule has 11 rings (SSSR count). The molecule has 0 saturated heterocycles. The summed E-state index contributed by atoms with van der Waals surface area (Å²) in [5, 5.41) is 4.48. The maximum absolute atomic E-state index is 6.58. The SMILES string of the molecule is CC1(C)c2ccccc2-c2c(-c3nc(-c4ccccc4)nc(-c4cc(-c5ccc6c(c5)oc5cccc(-c7ccccc7)c56)c5ccccc5c4)n3)cccc21. The van der Waals surface area contributed by atoms with E-state index in [1.807, 2.05) is 18.2 Å². The van der Waals surface area contributed by atoms with Crippen LogP contribution in [0.1, 0.15) is 25.0 Å². The molecule has 0 N–H and O–H groups in total. The highest BCUT2D eigenvalue weighted by Crippen LogP contribution is 2.52. The van der Waals surface area contributed by atoms with E-state index in [2.05, 4.69) is 172 Å². The first kappa shape index (κ1) is 32.3. The van der Waals surface area contributed by atoms with Crippen LogP contribution < -0.4 is 0 Å². The lowest BCUT2D eigenvalue weighted by Crippen LogP contribution is -2.14. The van der Waals surface area contributed by atoms with Gasteiger partial charge in [-0.05, 0) is 85.6 Å². The summed E-state index contributed by atoms with van der Waals surface area (Å²) < 4.78 is 6.58. The van der Waals surface area contributed by atoms with E-state index in [4.69, 9.17) is 19.4 Å². The van der Waals surface area contributed by atoms with Crippen LogP contribution in [0.4, 0.5) is 0 Å². The van der Waals surface area contributed by atoms with Gasteiger partial charge in [0.15, 0.2) is 17.5 Å². The Morgan fingerprint density at radius 1 is 0.393 bits per heavy atom. The molecule has 264 valence electrons. The van der Waals surface area contributed by atoms with Crippen LogP contribution in [0.5, 0.6) is 0 Å². The molecule has 10 aromatic rings. The Labute approximate surface area is 324 Å². The van der Waals surface area contributed by atoms with Crippen molar-refractivity contribution in [2.24, 2.45) is 0 Å². The van der Waals surface area contributed by atoms with Gasteiger partial charge >= 0.3 is 0 Å². The Kier molecular flexibility index (Phi) is 7.17. The zero-order valence-corrected chi connectivity index (χ0v) is 31.0. The van der Waals surface area contributed by atoms with Gasteiger partial charge in [0.25, 0.3) is 0 Å². The van der Waals surface area contributed by atoms with Gasteiger partial charge in [-0.15, -0.1) is 0 Å². The summed E-state index contributed by atoms with van der Waals surface area (Å²) in [6.45, 7) is 4.61. The van der Waals surface area contributed by atoms with Crippen molar-refractivity contribution in [3.05, 3.63) is 187 Å². The quantitative estimate of drug-likeness (QED) is 0.178. The van der Waals surface area contributed by atoms with E-state index in [1.54, 1.807) is 0 Å². The molecule has 4 nitrogen and oxygen atoms in total. The van der Waals surface area contributed by atoms with Crippen LogP contribution in [0.3, 0.4) is 0 Å². The topological polar surface area (TPSA) is 51.8 Å². The van der Waals surface area contributed by atoms with Gasteiger partial charge in [-0.1, -0.05) is 159 Å². The Bertz CT molecular complexity index is 3160. The first-order valence-electron chi connectivity index (χ1n) is 19.1. The molecule has 0 saturated carbocycles. The van der Waals surface area contributed by atoms with Crippen molar-refractivity contribution in [2.45, 2.75) is 19.3 Å². The smallest absolute Gasteiger partial charge is 0.164 e. The predicted molar refractivity (Wildman–Crippen MR) is 229 cm³/mol. The minimum absolute atomic E-state index is 0.142. The zero-order valence-electron chi connectivity index (χ0n) is 31.0. The van der Waals surface area contributed by atoms with Crippen molar-refractivity contribution >= 4 is 32.7 Å². The highest BCUT2D eigenvalue weighted by atomic mass is 16.3. The van der Waals surface area contributed by atoms with Crippen LogP contribution in [-0.2, 0) is 5.41 Å². The molecule has 0 atom stereocenters. The van der Waals surface area contributed by atoms with Gasteiger partial charge in [0.05, 0.1) is 0 Å². The summed E-state index contributed by atoms with van der Waals surface area (Å²) in [7, 11) is 0. The summed E-state index contributed by atoms with van der Waals surface area (Å²) in [5.41, 5.74) is 14.0. The molecule has 0 radical (unpaired) electrons. The Balaban J connectivity index is 1.12. The third-order valence-electron chi connectivity index (χ3n) is 11.5. The molecule has 0 amide bonds. The third kappa shape index (κ3) is 5.03. The van der Waals surface area contributed by atoms with Crippen LogP contribution in [-0.4, -0.2) is 15.0 Å². The largest absolute Gasteiger partial charge is 0.456 e. The lowest BCUT2D eigenvalue weighted by molar-refractivity contribution is 0.660. The van der Waals surface area contributed by atoms with Crippen LogP contribution >= 0.6 is 0 Å². The highest BCUT2D eigenvalue weighted by Gasteiger charge is 2.37. The Morgan fingerprint density at radius 2 is 1.04 bits per heavy atom. The monoisotopic (exact) mass is 717 g/mol. The van der Waals surface area contributed by atoms with Crippen molar-refractivity contribution < 1.29 is 4.42 Å². The van der Waals surface area contributed by atoms with Gasteiger partial charge in [0, 0.05) is 32.9 Å². The van der Waals surface area contributed by atoms with Gasteiger partial charge in [-0.2, -0.15) is 0 Å². The number of aromatic nitrogens is 3. The van der Waals surface area contributed by atoms with Crippen LogP contribution in [0.2, 0.25) is 0 Å². The molecule has 2 heterocycles. The second-order valence-electron chi connectivity index (χ2n) is 15.2. The molecule has 56 heavy (non-hydrogen) atoms. The van der Waals surface area contributed by atoms with E-state index < -0.39 is 0 Å². The second-order valence-corrected chi connectivity index (χ2v) is 15.2. The molecule has 8 aromatic carbocycles. The first-order chi connectivity index (χ1) is 27.5. The average Bonchev–Trinajstić information content (AvgIpc) is 3.75. The molecule has 0 unspecified atom stereocenters. The molecular weight excluding hydrogens is 683 g/mol. The van der Waals surface area contributed by atoms with Crippen molar-refractivity contribution in [1.82, 2.24) is 15.0 Å². The lowest BCUT2D eigenvalue weighted by Gasteiger charge is -2.21. The number of fused-ring (bicyclic) bond motifs is 7. The maximum atomic E-state index is 6.58. The minimum atomic E-state index is -0.142. The minimum Gasteiger partial charge on any atom is -0.456 e. The molecule has 4 heteroatoms. The standard InChI is InChI=1S/C52H35N3O/c1-52(2)43-24-12-11-21-39(43)47-41(23-13-25-44(47)52)51-54-49(33-17-7-4-8-18-33)53-50(55-51)36-29-34-19-9-10-20-37(34)42(30-36)35-27-28-40-46(31-35)56-45-26-14-22-38(48(40)45)32-15-5-3-6-16-32/h3-31H,1-2H3. The molecule has 2 aromatic heterocycles.